The van der Waals surface area contributed by atoms with Gasteiger partial charge in [-0.25, -0.2) is 8.78 Å². The number of benzene rings is 1. The number of carbonyl (C=O) groups is 3. The van der Waals surface area contributed by atoms with Crippen molar-refractivity contribution in [2.45, 2.75) is 32.2 Å². The number of carboxylic acids is 1. The minimum Gasteiger partial charge on any atom is -0.481 e. The summed E-state index contributed by atoms with van der Waals surface area (Å²) < 4.78 is 27.0. The summed E-state index contributed by atoms with van der Waals surface area (Å²) in [7, 11) is 0. The summed E-state index contributed by atoms with van der Waals surface area (Å²) in [5, 5.41) is 9.29. The van der Waals surface area contributed by atoms with Gasteiger partial charge < -0.3 is 14.9 Å². The zero-order chi connectivity index (χ0) is 19.0. The predicted octanol–water partition coefficient (Wildman–Crippen LogP) is 2.03. The Balaban J connectivity index is 1.75. The van der Waals surface area contributed by atoms with Crippen LogP contribution in [0.1, 0.15) is 26.2 Å². The maximum absolute atomic E-state index is 14.0. The molecule has 0 bridgehead atoms. The first-order valence-electron chi connectivity index (χ1n) is 8.58. The van der Waals surface area contributed by atoms with Crippen LogP contribution in [0.3, 0.4) is 0 Å². The Morgan fingerprint density at radius 3 is 2.65 bits per heavy atom. The Morgan fingerprint density at radius 1 is 1.27 bits per heavy atom. The monoisotopic (exact) mass is 366 g/mol. The SMILES string of the molecule is C[C@@H]1[C@H](C(=O)O)CCCN1C(=O)C1CC(=O)N(c2ccc(F)cc2F)C1. The van der Waals surface area contributed by atoms with Gasteiger partial charge in [-0.15, -0.1) is 0 Å². The lowest BCUT2D eigenvalue weighted by Gasteiger charge is -2.38. The van der Waals surface area contributed by atoms with E-state index >= 15 is 0 Å². The van der Waals surface area contributed by atoms with E-state index in [1.54, 1.807) is 6.92 Å². The Hall–Kier alpha value is -2.51. The zero-order valence-electron chi connectivity index (χ0n) is 14.3. The molecule has 2 heterocycles. The molecule has 1 aromatic rings. The molecule has 3 atom stereocenters. The van der Waals surface area contributed by atoms with Crippen LogP contribution in [0.25, 0.3) is 0 Å². The molecule has 2 fully saturated rings. The van der Waals surface area contributed by atoms with Crippen LogP contribution in [-0.2, 0) is 14.4 Å². The second kappa shape index (κ2) is 7.01. The first-order valence-corrected chi connectivity index (χ1v) is 8.58. The topological polar surface area (TPSA) is 77.9 Å². The van der Waals surface area contributed by atoms with Crippen LogP contribution >= 0.6 is 0 Å². The molecule has 2 aliphatic heterocycles. The standard InChI is InChI=1S/C18H20F2N2O4/c1-10-13(18(25)26)3-2-6-21(10)17(24)11-7-16(23)22(9-11)15-5-4-12(19)8-14(15)20/h4-5,8,10-11,13H,2-3,6-7,9H2,1H3,(H,25,26)/t10-,11?,13-/m1/s1. The van der Waals surface area contributed by atoms with E-state index in [1.165, 1.54) is 11.0 Å². The van der Waals surface area contributed by atoms with Crippen molar-refractivity contribution in [2.24, 2.45) is 11.8 Å². The fraction of sp³-hybridized carbons (Fsp3) is 0.500. The average molecular weight is 366 g/mol. The molecule has 0 radical (unpaired) electrons. The predicted molar refractivity (Wildman–Crippen MR) is 88.4 cm³/mol. The van der Waals surface area contributed by atoms with Crippen molar-refractivity contribution >= 4 is 23.5 Å². The number of carboxylic acid groups (broad SMARTS) is 1. The van der Waals surface area contributed by atoms with Gasteiger partial charge in [0.2, 0.25) is 11.8 Å². The number of amides is 2. The van der Waals surface area contributed by atoms with Crippen LogP contribution in [0, 0.1) is 23.5 Å². The van der Waals surface area contributed by atoms with E-state index in [2.05, 4.69) is 0 Å². The highest BCUT2D eigenvalue weighted by molar-refractivity contribution is 6.00. The highest BCUT2D eigenvalue weighted by atomic mass is 19.1. The van der Waals surface area contributed by atoms with Gasteiger partial charge >= 0.3 is 5.97 Å². The molecule has 6 nitrogen and oxygen atoms in total. The fourth-order valence-corrected chi connectivity index (χ4v) is 3.82. The van der Waals surface area contributed by atoms with Gasteiger partial charge in [0.1, 0.15) is 11.6 Å². The Morgan fingerprint density at radius 2 is 2.00 bits per heavy atom. The molecule has 1 aromatic carbocycles. The first-order chi connectivity index (χ1) is 12.3. The Kier molecular flexibility index (Phi) is 4.93. The van der Waals surface area contributed by atoms with Crippen LogP contribution in [0.15, 0.2) is 18.2 Å². The lowest BCUT2D eigenvalue weighted by Crippen LogP contribution is -2.51. The number of hydrogen-bond acceptors (Lipinski definition) is 3. The van der Waals surface area contributed by atoms with Gasteiger partial charge in [0, 0.05) is 31.6 Å². The molecule has 1 unspecified atom stereocenters. The number of piperidine rings is 1. The number of nitrogens with zero attached hydrogens (tertiary/aromatic N) is 2. The van der Waals surface area contributed by atoms with E-state index < -0.39 is 41.4 Å². The van der Waals surface area contributed by atoms with Crippen LogP contribution in [0.4, 0.5) is 14.5 Å². The summed E-state index contributed by atoms with van der Waals surface area (Å²) >= 11 is 0. The molecule has 3 rings (SSSR count). The minimum absolute atomic E-state index is 0.00117. The van der Waals surface area contributed by atoms with Crippen molar-refractivity contribution in [2.75, 3.05) is 18.0 Å². The molecule has 2 saturated heterocycles. The van der Waals surface area contributed by atoms with Gasteiger partial charge in [-0.3, -0.25) is 14.4 Å². The summed E-state index contributed by atoms with van der Waals surface area (Å²) in [6.45, 7) is 2.14. The summed E-state index contributed by atoms with van der Waals surface area (Å²) in [6.07, 6.45) is 1.03. The molecular formula is C18H20F2N2O4. The third-order valence-electron chi connectivity index (χ3n) is 5.26. The maximum Gasteiger partial charge on any atom is 0.308 e. The maximum atomic E-state index is 14.0. The van der Waals surface area contributed by atoms with Gasteiger partial charge in [-0.05, 0) is 31.9 Å². The Bertz CT molecular complexity index is 755. The average Bonchev–Trinajstić information content (AvgIpc) is 2.96. The Labute approximate surface area is 149 Å². The molecule has 26 heavy (non-hydrogen) atoms. The largest absolute Gasteiger partial charge is 0.481 e. The van der Waals surface area contributed by atoms with Crippen LogP contribution in [-0.4, -0.2) is 46.9 Å². The van der Waals surface area contributed by atoms with Crippen molar-refractivity contribution in [3.63, 3.8) is 0 Å². The zero-order valence-corrected chi connectivity index (χ0v) is 14.3. The van der Waals surface area contributed by atoms with E-state index in [0.717, 1.165) is 11.0 Å². The van der Waals surface area contributed by atoms with Gasteiger partial charge in [0.25, 0.3) is 0 Å². The van der Waals surface area contributed by atoms with Crippen LogP contribution < -0.4 is 4.90 Å². The number of likely N-dealkylation sites (tertiary alicyclic amines) is 1. The molecular weight excluding hydrogens is 346 g/mol. The smallest absolute Gasteiger partial charge is 0.308 e. The summed E-state index contributed by atoms with van der Waals surface area (Å²) in [4.78, 5) is 39.1. The summed E-state index contributed by atoms with van der Waals surface area (Å²) in [5.74, 6) is -4.53. The number of rotatable bonds is 3. The normalized spacial score (nSPS) is 26.3. The van der Waals surface area contributed by atoms with E-state index in [-0.39, 0.29) is 24.6 Å². The number of halogens is 2. The van der Waals surface area contributed by atoms with E-state index in [9.17, 15) is 28.3 Å². The van der Waals surface area contributed by atoms with Crippen molar-refractivity contribution in [1.82, 2.24) is 4.90 Å². The molecule has 2 amide bonds. The number of carbonyl (C=O) groups excluding carboxylic acids is 2. The van der Waals surface area contributed by atoms with Gasteiger partial charge in [0.15, 0.2) is 0 Å². The molecule has 1 N–H and O–H groups in total. The molecule has 0 spiro atoms. The van der Waals surface area contributed by atoms with Gasteiger partial charge in [-0.2, -0.15) is 0 Å². The fourth-order valence-electron chi connectivity index (χ4n) is 3.82. The highest BCUT2D eigenvalue weighted by Crippen LogP contribution is 2.31. The first kappa shape index (κ1) is 18.3. The third-order valence-corrected chi connectivity index (χ3v) is 5.26. The van der Waals surface area contributed by atoms with Crippen molar-refractivity contribution in [3.8, 4) is 0 Å². The third kappa shape index (κ3) is 3.27. The van der Waals surface area contributed by atoms with E-state index in [1.807, 2.05) is 0 Å². The van der Waals surface area contributed by atoms with E-state index in [0.29, 0.717) is 25.5 Å². The van der Waals surface area contributed by atoms with Crippen molar-refractivity contribution < 1.29 is 28.3 Å². The second-order valence-corrected chi connectivity index (χ2v) is 6.86. The summed E-state index contributed by atoms with van der Waals surface area (Å²) in [5.41, 5.74) is -0.0539. The molecule has 140 valence electrons. The van der Waals surface area contributed by atoms with E-state index in [4.69, 9.17) is 0 Å². The van der Waals surface area contributed by atoms with Crippen LogP contribution in [0.5, 0.6) is 0 Å². The van der Waals surface area contributed by atoms with Crippen molar-refractivity contribution in [1.29, 1.82) is 0 Å². The van der Waals surface area contributed by atoms with Gasteiger partial charge in [0.05, 0.1) is 17.5 Å². The number of hydrogen-bond donors (Lipinski definition) is 1. The lowest BCUT2D eigenvalue weighted by atomic mass is 9.89. The lowest BCUT2D eigenvalue weighted by molar-refractivity contribution is -0.150. The molecule has 0 saturated carbocycles. The van der Waals surface area contributed by atoms with Crippen LogP contribution in [0.2, 0.25) is 0 Å². The number of aliphatic carboxylic acids is 1. The molecule has 8 heteroatoms. The second-order valence-electron chi connectivity index (χ2n) is 6.86. The highest BCUT2D eigenvalue weighted by Gasteiger charge is 2.42. The molecule has 0 aliphatic carbocycles. The van der Waals surface area contributed by atoms with Gasteiger partial charge in [-0.1, -0.05) is 0 Å². The molecule has 0 aromatic heterocycles. The van der Waals surface area contributed by atoms with Crippen molar-refractivity contribution in [3.05, 3.63) is 29.8 Å². The minimum atomic E-state index is -0.937. The quantitative estimate of drug-likeness (QED) is 0.888. The molecule has 2 aliphatic rings. The summed E-state index contributed by atoms with van der Waals surface area (Å²) in [6, 6.07) is 2.48. The number of anilines is 1.